The van der Waals surface area contributed by atoms with Gasteiger partial charge in [-0.2, -0.15) is 28.3 Å². The van der Waals surface area contributed by atoms with Gasteiger partial charge in [0.05, 0.1) is 0 Å². The fraction of sp³-hybridized carbons (Fsp3) is 0.245. The predicted molar refractivity (Wildman–Crippen MR) is 229 cm³/mol. The Kier molecular flexibility index (Phi) is 13.2. The third-order valence-electron chi connectivity index (χ3n) is 11.4. The summed E-state index contributed by atoms with van der Waals surface area (Å²) in [6.45, 7) is 22.2. The van der Waals surface area contributed by atoms with Crippen LogP contribution in [0.4, 0.5) is 0 Å². The van der Waals surface area contributed by atoms with Gasteiger partial charge in [0, 0.05) is 5.41 Å². The molecule has 0 bridgehead atoms. The van der Waals surface area contributed by atoms with Gasteiger partial charge in [0.1, 0.15) is 0 Å². The van der Waals surface area contributed by atoms with Crippen molar-refractivity contribution in [1.82, 2.24) is 0 Å². The van der Waals surface area contributed by atoms with Crippen LogP contribution in [0.3, 0.4) is 0 Å². The monoisotopic (exact) mass is 848 g/mol. The fourth-order valence-corrected chi connectivity index (χ4v) is 9.43. The maximum Gasteiger partial charge on any atom is -1.00 e. The number of aryl methyl sites for hydroxylation is 4. The predicted octanol–water partition coefficient (Wildman–Crippen LogP) is 7.57. The van der Waals surface area contributed by atoms with Gasteiger partial charge in [0.2, 0.25) is 0 Å². The van der Waals surface area contributed by atoms with E-state index in [-0.39, 0.29) is 35.6 Å². The zero-order valence-electron chi connectivity index (χ0n) is 34.5. The average molecular weight is 851 g/mol. The molecule has 3 aliphatic carbocycles. The van der Waals surface area contributed by atoms with E-state index in [1.807, 2.05) is 0 Å². The van der Waals surface area contributed by atoms with E-state index in [4.69, 9.17) is 0 Å². The summed E-state index contributed by atoms with van der Waals surface area (Å²) in [5, 5.41) is 0. The zero-order valence-corrected chi connectivity index (χ0v) is 38.5. The molecule has 6 aromatic rings. The van der Waals surface area contributed by atoms with Crippen molar-refractivity contribution in [2.75, 3.05) is 0 Å². The molecule has 0 unspecified atom stereocenters. The number of benzene rings is 5. The molecule has 0 radical (unpaired) electrons. The summed E-state index contributed by atoms with van der Waals surface area (Å²) in [7, 11) is 0. The van der Waals surface area contributed by atoms with Crippen LogP contribution in [-0.4, -0.2) is 3.21 Å². The Morgan fingerprint density at radius 2 is 1.11 bits per heavy atom. The molecule has 0 saturated heterocycles. The van der Waals surface area contributed by atoms with Crippen molar-refractivity contribution in [2.45, 2.75) is 86.5 Å². The second-order valence-corrected chi connectivity index (χ2v) is 18.0. The van der Waals surface area contributed by atoms with Crippen LogP contribution >= 0.6 is 0 Å². The summed E-state index contributed by atoms with van der Waals surface area (Å²) in [5.74, 6) is 0. The van der Waals surface area contributed by atoms with Gasteiger partial charge >= 0.3 is 112 Å². The van der Waals surface area contributed by atoms with Gasteiger partial charge in [-0.1, -0.05) is 108 Å². The Bertz CT molecular complexity index is 2320. The molecule has 0 amide bonds. The third-order valence-corrected chi connectivity index (χ3v) is 12.9. The van der Waals surface area contributed by atoms with E-state index >= 15 is 0 Å². The summed E-state index contributed by atoms with van der Waals surface area (Å²) in [4.78, 5) is 0. The topological polar surface area (TPSA) is 0 Å². The van der Waals surface area contributed by atoms with Crippen molar-refractivity contribution >= 4 is 14.4 Å². The average Bonchev–Trinajstić information content (AvgIpc) is 3.81. The van der Waals surface area contributed by atoms with E-state index in [0.29, 0.717) is 0 Å². The standard InChI is InChI=1S/C25H25.C15H14.C13H13.2ClH.Zr/c1-14-12-24(3,4)22-8-16-7-17-9-23-19(15(2)13-25(23,5)6)11-21(17)20(16)10-18(14)22;1-12-3-7-14(8-4-12)11-15-9-5-13(2)6-10-15;1-10-8-11(2)13(9-10)12-6-4-3-5-7-12;;;/h8-12H,7H2,1-6H3;3-10H,1-2H3;3-9H,1-2H3;2*1H;/q-1;;-1;;;+2/p-2. The van der Waals surface area contributed by atoms with E-state index in [2.05, 4.69) is 197 Å². The van der Waals surface area contributed by atoms with Gasteiger partial charge in [-0.15, -0.1) is 11.6 Å². The van der Waals surface area contributed by atoms with Gasteiger partial charge in [-0.25, -0.2) is 11.6 Å². The smallest absolute Gasteiger partial charge is 1.00 e. The first-order valence-electron chi connectivity index (χ1n) is 19.3. The summed E-state index contributed by atoms with van der Waals surface area (Å²) in [6, 6.07) is 42.3. The van der Waals surface area contributed by atoms with E-state index in [9.17, 15) is 0 Å². The molecule has 0 nitrogen and oxygen atoms in total. The zero-order chi connectivity index (χ0) is 38.5. The normalized spacial score (nSPS) is 14.5. The van der Waals surface area contributed by atoms with E-state index in [1.54, 1.807) is 0 Å². The Morgan fingerprint density at radius 1 is 0.589 bits per heavy atom. The summed E-state index contributed by atoms with van der Waals surface area (Å²) in [5.41, 5.74) is 25.2. The fourth-order valence-electron chi connectivity index (χ4n) is 8.61. The minimum atomic E-state index is 0. The number of halogens is 2. The van der Waals surface area contributed by atoms with E-state index in [0.717, 1.165) is 6.42 Å². The molecule has 284 valence electrons. The van der Waals surface area contributed by atoms with Gasteiger partial charge in [0.25, 0.3) is 0 Å². The van der Waals surface area contributed by atoms with Gasteiger partial charge in [-0.05, 0) is 58.4 Å². The molecule has 0 spiro atoms. The summed E-state index contributed by atoms with van der Waals surface area (Å²) < 4.78 is 1.42. The minimum absolute atomic E-state index is 0. The molecule has 56 heavy (non-hydrogen) atoms. The molecule has 9 rings (SSSR count). The third kappa shape index (κ3) is 8.72. The number of fused-ring (bicyclic) bond motifs is 5. The molecule has 0 aliphatic heterocycles. The van der Waals surface area contributed by atoms with Crippen LogP contribution in [0.2, 0.25) is 0 Å². The van der Waals surface area contributed by atoms with Crippen LogP contribution in [0.5, 0.6) is 0 Å². The van der Waals surface area contributed by atoms with E-state index in [1.165, 1.54) is 128 Å². The molecule has 0 atom stereocenters. The Balaban J connectivity index is 0.000000169. The first-order chi connectivity index (χ1) is 25.6. The Morgan fingerprint density at radius 3 is 1.62 bits per heavy atom. The number of hydrogen-bond donors (Lipinski definition) is 0. The van der Waals surface area contributed by atoms with Crippen molar-refractivity contribution in [3.63, 3.8) is 0 Å². The Hall–Kier alpha value is -3.74. The molecule has 0 heterocycles. The maximum absolute atomic E-state index is 3.65. The molecular formula is C53H52Cl2Zr-2. The van der Waals surface area contributed by atoms with Crippen LogP contribution in [0.1, 0.15) is 108 Å². The van der Waals surface area contributed by atoms with Crippen LogP contribution in [0.25, 0.3) is 33.4 Å². The molecule has 0 saturated carbocycles. The molecule has 0 fully saturated rings. The quantitative estimate of drug-likeness (QED) is 0.161. The van der Waals surface area contributed by atoms with Gasteiger partial charge in [0.15, 0.2) is 0 Å². The first-order valence-corrected chi connectivity index (χ1v) is 20.5. The number of rotatable bonds is 3. The molecular weight excluding hydrogens is 799 g/mol. The first kappa shape index (κ1) is 43.4. The van der Waals surface area contributed by atoms with Gasteiger partial charge < -0.3 is 24.8 Å². The van der Waals surface area contributed by atoms with Crippen LogP contribution in [0.15, 0.2) is 121 Å². The van der Waals surface area contributed by atoms with Crippen LogP contribution in [-0.2, 0) is 41.5 Å². The molecule has 0 aromatic heterocycles. The molecule has 3 aliphatic rings. The van der Waals surface area contributed by atoms with Crippen LogP contribution < -0.4 is 24.8 Å². The molecule has 0 N–H and O–H groups in total. The Labute approximate surface area is 363 Å². The SMILES string of the molecule is CC1=[C-]C(C)(C)c2cc3c(cc21)-c1cc2c(cc1C3)C(C)(C)C=C2C.Cc1cc(-c2ccccc2)c(C)[cH-]1.Cc1ccc([C](=[Zr+2])c2ccc(C)cc2)cc1.[Cl-].[Cl-]. The largest absolute Gasteiger partial charge is 1.00 e. The maximum atomic E-state index is 3.65. The summed E-state index contributed by atoms with van der Waals surface area (Å²) >= 11 is 1.46. The number of allylic oxidation sites excluding steroid dienone is 4. The van der Waals surface area contributed by atoms with E-state index < -0.39 is 0 Å². The number of hydrogen-bond acceptors (Lipinski definition) is 0. The summed E-state index contributed by atoms with van der Waals surface area (Å²) in [6.07, 6.45) is 7.13. The minimum Gasteiger partial charge on any atom is -1.00 e. The second-order valence-electron chi connectivity index (χ2n) is 16.8. The second kappa shape index (κ2) is 17.0. The van der Waals surface area contributed by atoms with Crippen molar-refractivity contribution in [3.8, 4) is 22.3 Å². The van der Waals surface area contributed by atoms with Crippen LogP contribution in [0, 0.1) is 33.8 Å². The molecule has 6 aromatic carbocycles. The van der Waals surface area contributed by atoms with Crippen molar-refractivity contribution in [2.24, 2.45) is 0 Å². The van der Waals surface area contributed by atoms with Crippen molar-refractivity contribution in [3.05, 3.63) is 194 Å². The van der Waals surface area contributed by atoms with Gasteiger partial charge in [-0.3, -0.25) is 6.08 Å². The van der Waals surface area contributed by atoms with Crippen molar-refractivity contribution < 1.29 is 49.0 Å². The van der Waals surface area contributed by atoms with Crippen molar-refractivity contribution in [1.29, 1.82) is 0 Å². The molecule has 3 heteroatoms.